The van der Waals surface area contributed by atoms with Gasteiger partial charge in [0.05, 0.1) is 0 Å². The molecule has 1 aromatic heterocycles. The standard InChI is InChI=1S/C14H18N2OS/c1-9(7-14(15)17)16-10(2)13-8-11-5-3-4-6-12(11)18-13/h3-6,8-10,16H,7H2,1-2H3,(H2,15,17). The first-order chi connectivity index (χ1) is 8.56. The van der Waals surface area contributed by atoms with Crippen LogP contribution in [-0.2, 0) is 4.79 Å². The van der Waals surface area contributed by atoms with Gasteiger partial charge in [0.1, 0.15) is 0 Å². The first kappa shape index (κ1) is 13.1. The van der Waals surface area contributed by atoms with E-state index in [4.69, 9.17) is 5.73 Å². The fraction of sp³-hybridized carbons (Fsp3) is 0.357. The molecular weight excluding hydrogens is 244 g/mol. The number of hydrogen-bond acceptors (Lipinski definition) is 3. The topological polar surface area (TPSA) is 55.1 Å². The van der Waals surface area contributed by atoms with Crippen LogP contribution in [0.1, 0.15) is 31.2 Å². The van der Waals surface area contributed by atoms with Gasteiger partial charge in [-0.25, -0.2) is 0 Å². The van der Waals surface area contributed by atoms with Gasteiger partial charge in [-0.1, -0.05) is 18.2 Å². The van der Waals surface area contributed by atoms with E-state index in [1.54, 1.807) is 11.3 Å². The second-order valence-corrected chi connectivity index (χ2v) is 5.76. The molecular formula is C14H18N2OS. The Hall–Kier alpha value is -1.39. The summed E-state index contributed by atoms with van der Waals surface area (Å²) in [7, 11) is 0. The van der Waals surface area contributed by atoms with Gasteiger partial charge in [-0.3, -0.25) is 4.79 Å². The van der Waals surface area contributed by atoms with E-state index < -0.39 is 0 Å². The van der Waals surface area contributed by atoms with Crippen molar-refractivity contribution in [3.8, 4) is 0 Å². The number of rotatable bonds is 5. The van der Waals surface area contributed by atoms with E-state index in [1.165, 1.54) is 15.0 Å². The monoisotopic (exact) mass is 262 g/mol. The summed E-state index contributed by atoms with van der Waals surface area (Å²) in [6.45, 7) is 4.09. The van der Waals surface area contributed by atoms with E-state index in [-0.39, 0.29) is 18.0 Å². The van der Waals surface area contributed by atoms with E-state index in [1.807, 2.05) is 13.0 Å². The number of amides is 1. The van der Waals surface area contributed by atoms with Crippen molar-refractivity contribution in [3.63, 3.8) is 0 Å². The van der Waals surface area contributed by atoms with E-state index in [9.17, 15) is 4.79 Å². The van der Waals surface area contributed by atoms with E-state index >= 15 is 0 Å². The lowest BCUT2D eigenvalue weighted by atomic mass is 10.1. The summed E-state index contributed by atoms with van der Waals surface area (Å²) >= 11 is 1.79. The van der Waals surface area contributed by atoms with Crippen LogP contribution in [0.4, 0.5) is 0 Å². The van der Waals surface area contributed by atoms with Crippen LogP contribution in [0.3, 0.4) is 0 Å². The highest BCUT2D eigenvalue weighted by Crippen LogP contribution is 2.29. The first-order valence-corrected chi connectivity index (χ1v) is 6.90. The minimum Gasteiger partial charge on any atom is -0.370 e. The second kappa shape index (κ2) is 5.50. The predicted molar refractivity (Wildman–Crippen MR) is 76.6 cm³/mol. The third-order valence-corrected chi connectivity index (χ3v) is 4.21. The Balaban J connectivity index is 2.08. The zero-order valence-corrected chi connectivity index (χ0v) is 11.5. The number of carbonyl (C=O) groups is 1. The molecule has 0 aliphatic heterocycles. The molecule has 2 unspecified atom stereocenters. The minimum atomic E-state index is -0.265. The molecule has 0 aliphatic carbocycles. The summed E-state index contributed by atoms with van der Waals surface area (Å²) in [4.78, 5) is 12.1. The maximum atomic E-state index is 10.9. The largest absolute Gasteiger partial charge is 0.370 e. The van der Waals surface area contributed by atoms with Crippen LogP contribution < -0.4 is 11.1 Å². The van der Waals surface area contributed by atoms with E-state index in [0.717, 1.165) is 0 Å². The highest BCUT2D eigenvalue weighted by atomic mass is 32.1. The summed E-state index contributed by atoms with van der Waals surface area (Å²) in [5, 5.41) is 4.67. The van der Waals surface area contributed by atoms with Crippen LogP contribution in [0.2, 0.25) is 0 Å². The predicted octanol–water partition coefficient (Wildman–Crippen LogP) is 2.82. The molecule has 2 rings (SSSR count). The zero-order chi connectivity index (χ0) is 13.1. The molecule has 3 N–H and O–H groups in total. The normalized spacial score (nSPS) is 14.6. The number of thiophene rings is 1. The van der Waals surface area contributed by atoms with Crippen molar-refractivity contribution >= 4 is 27.3 Å². The summed E-state index contributed by atoms with van der Waals surface area (Å²) in [5.41, 5.74) is 5.19. The third kappa shape index (κ3) is 3.09. The SMILES string of the molecule is CC(CC(N)=O)NC(C)c1cc2ccccc2s1. The van der Waals surface area contributed by atoms with Gasteiger partial charge in [0.15, 0.2) is 0 Å². The summed E-state index contributed by atoms with van der Waals surface area (Å²) in [6.07, 6.45) is 0.370. The lowest BCUT2D eigenvalue weighted by molar-refractivity contribution is -0.118. The number of nitrogens with one attached hydrogen (secondary N) is 1. The molecule has 0 spiro atoms. The average Bonchev–Trinajstić information content (AvgIpc) is 2.71. The highest BCUT2D eigenvalue weighted by Gasteiger charge is 2.13. The molecule has 1 heterocycles. The zero-order valence-electron chi connectivity index (χ0n) is 10.6. The smallest absolute Gasteiger partial charge is 0.218 e. The van der Waals surface area contributed by atoms with Gasteiger partial charge < -0.3 is 11.1 Å². The minimum absolute atomic E-state index is 0.0997. The van der Waals surface area contributed by atoms with Gasteiger partial charge in [0.2, 0.25) is 5.91 Å². The average molecular weight is 262 g/mol. The molecule has 0 fully saturated rings. The summed E-state index contributed by atoms with van der Waals surface area (Å²) in [6, 6.07) is 10.9. The number of primary amides is 1. The van der Waals surface area contributed by atoms with Crippen molar-refractivity contribution in [2.75, 3.05) is 0 Å². The van der Waals surface area contributed by atoms with Gasteiger partial charge in [-0.15, -0.1) is 11.3 Å². The maximum Gasteiger partial charge on any atom is 0.218 e. The van der Waals surface area contributed by atoms with Crippen LogP contribution in [0.5, 0.6) is 0 Å². The lowest BCUT2D eigenvalue weighted by Crippen LogP contribution is -2.32. The number of fused-ring (bicyclic) bond motifs is 1. The first-order valence-electron chi connectivity index (χ1n) is 6.09. The Labute approximate surface area is 111 Å². The summed E-state index contributed by atoms with van der Waals surface area (Å²) < 4.78 is 1.30. The van der Waals surface area contributed by atoms with Crippen molar-refractivity contribution in [2.45, 2.75) is 32.4 Å². The summed E-state index contributed by atoms with van der Waals surface area (Å²) in [5.74, 6) is -0.265. The third-order valence-electron chi connectivity index (χ3n) is 2.91. The molecule has 1 aromatic carbocycles. The van der Waals surface area contributed by atoms with E-state index in [0.29, 0.717) is 6.42 Å². The molecule has 0 bridgehead atoms. The lowest BCUT2D eigenvalue weighted by Gasteiger charge is -2.17. The number of hydrogen-bond donors (Lipinski definition) is 2. The van der Waals surface area contributed by atoms with Crippen LogP contribution in [0.15, 0.2) is 30.3 Å². The van der Waals surface area contributed by atoms with E-state index in [2.05, 4.69) is 36.5 Å². The second-order valence-electron chi connectivity index (χ2n) is 4.65. The van der Waals surface area contributed by atoms with Crippen LogP contribution in [0, 0.1) is 0 Å². The quantitative estimate of drug-likeness (QED) is 0.870. The fourth-order valence-electron chi connectivity index (χ4n) is 2.09. The fourth-order valence-corrected chi connectivity index (χ4v) is 3.16. The molecule has 2 aromatic rings. The Morgan fingerprint density at radius 2 is 2.11 bits per heavy atom. The van der Waals surface area contributed by atoms with Crippen LogP contribution in [0.25, 0.3) is 10.1 Å². The molecule has 4 heteroatoms. The van der Waals surface area contributed by atoms with Gasteiger partial charge in [0.25, 0.3) is 0 Å². The van der Waals surface area contributed by atoms with Crippen molar-refractivity contribution in [1.29, 1.82) is 0 Å². The van der Waals surface area contributed by atoms with Gasteiger partial charge in [-0.2, -0.15) is 0 Å². The van der Waals surface area contributed by atoms with Gasteiger partial charge in [0, 0.05) is 28.1 Å². The highest BCUT2D eigenvalue weighted by molar-refractivity contribution is 7.19. The molecule has 1 amide bonds. The molecule has 0 radical (unpaired) electrons. The Morgan fingerprint density at radius 1 is 1.39 bits per heavy atom. The van der Waals surface area contributed by atoms with Crippen LogP contribution >= 0.6 is 11.3 Å². The molecule has 96 valence electrons. The maximum absolute atomic E-state index is 10.9. The molecule has 0 saturated carbocycles. The molecule has 2 atom stereocenters. The molecule has 0 aliphatic rings. The van der Waals surface area contributed by atoms with Crippen molar-refractivity contribution in [2.24, 2.45) is 5.73 Å². The number of nitrogens with two attached hydrogens (primary N) is 1. The number of benzene rings is 1. The van der Waals surface area contributed by atoms with Crippen molar-refractivity contribution in [1.82, 2.24) is 5.32 Å². The Bertz CT molecular complexity index is 516. The Kier molecular flexibility index (Phi) is 3.99. The van der Waals surface area contributed by atoms with Crippen molar-refractivity contribution < 1.29 is 4.79 Å². The number of carbonyl (C=O) groups excluding carboxylic acids is 1. The van der Waals surface area contributed by atoms with Gasteiger partial charge >= 0.3 is 0 Å². The molecule has 0 saturated heterocycles. The van der Waals surface area contributed by atoms with Crippen LogP contribution in [-0.4, -0.2) is 11.9 Å². The van der Waals surface area contributed by atoms with Gasteiger partial charge in [-0.05, 0) is 31.4 Å². The Morgan fingerprint density at radius 3 is 2.78 bits per heavy atom. The van der Waals surface area contributed by atoms with Crippen molar-refractivity contribution in [3.05, 3.63) is 35.2 Å². The molecule has 18 heavy (non-hydrogen) atoms. The molecule has 3 nitrogen and oxygen atoms in total.